The highest BCUT2D eigenvalue weighted by atomic mass is 79.9. The van der Waals surface area contributed by atoms with E-state index in [4.69, 9.17) is 9.88 Å². The summed E-state index contributed by atoms with van der Waals surface area (Å²) in [6.07, 6.45) is 3.17. The molecule has 0 aliphatic heterocycles. The summed E-state index contributed by atoms with van der Waals surface area (Å²) in [5.74, 6) is 0.624. The standard InChI is InChI=1S/C15H17BrN4O4S/c16-11-8-18-15(20-14(11)24-13-3-1-2-12(13)21)19-9-4-6-10(7-5-9)25(17,22)23/h4-8,12-13,21H,1-3H2,(H2,17,22,23)(H,18,19,20)/t12-,13+/m1/s1. The number of hydrogen-bond donors (Lipinski definition) is 3. The average Bonchev–Trinajstić information content (AvgIpc) is 2.95. The minimum atomic E-state index is -3.73. The molecule has 0 unspecified atom stereocenters. The Morgan fingerprint density at radius 1 is 1.28 bits per heavy atom. The van der Waals surface area contributed by atoms with Crippen molar-refractivity contribution in [3.05, 3.63) is 34.9 Å². The van der Waals surface area contributed by atoms with Gasteiger partial charge in [0.2, 0.25) is 21.9 Å². The first kappa shape index (κ1) is 18.1. The summed E-state index contributed by atoms with van der Waals surface area (Å²) in [4.78, 5) is 8.46. The van der Waals surface area contributed by atoms with Crippen molar-refractivity contribution in [2.45, 2.75) is 36.4 Å². The fourth-order valence-corrected chi connectivity index (χ4v) is 3.34. The van der Waals surface area contributed by atoms with E-state index < -0.39 is 16.1 Å². The molecule has 3 rings (SSSR count). The van der Waals surface area contributed by atoms with E-state index in [9.17, 15) is 13.5 Å². The molecule has 134 valence electrons. The third-order valence-electron chi connectivity index (χ3n) is 3.83. The van der Waals surface area contributed by atoms with E-state index in [0.717, 1.165) is 19.3 Å². The van der Waals surface area contributed by atoms with Crippen LogP contribution in [0.5, 0.6) is 5.88 Å². The van der Waals surface area contributed by atoms with E-state index in [1.54, 1.807) is 18.3 Å². The van der Waals surface area contributed by atoms with Crippen LogP contribution >= 0.6 is 15.9 Å². The number of sulfonamides is 1. The van der Waals surface area contributed by atoms with Crippen LogP contribution in [0.2, 0.25) is 0 Å². The van der Waals surface area contributed by atoms with Crippen LogP contribution in [0.1, 0.15) is 19.3 Å². The number of nitrogens with zero attached hydrogens (tertiary/aromatic N) is 2. The van der Waals surface area contributed by atoms with Crippen molar-refractivity contribution in [3.8, 4) is 5.88 Å². The van der Waals surface area contributed by atoms with Gasteiger partial charge in [-0.25, -0.2) is 18.5 Å². The first-order valence-electron chi connectivity index (χ1n) is 7.60. The molecule has 0 amide bonds. The van der Waals surface area contributed by atoms with E-state index in [1.807, 2.05) is 0 Å². The molecule has 2 aromatic rings. The van der Waals surface area contributed by atoms with Gasteiger partial charge >= 0.3 is 0 Å². The molecule has 1 aromatic heterocycles. The van der Waals surface area contributed by atoms with Gasteiger partial charge in [-0.05, 0) is 59.5 Å². The van der Waals surface area contributed by atoms with E-state index in [-0.39, 0.29) is 16.9 Å². The molecule has 1 aliphatic rings. The number of hydrogen-bond acceptors (Lipinski definition) is 7. The van der Waals surface area contributed by atoms with Crippen LogP contribution in [-0.4, -0.2) is 35.7 Å². The number of nitrogens with one attached hydrogen (secondary N) is 1. The summed E-state index contributed by atoms with van der Waals surface area (Å²) in [5.41, 5.74) is 0.599. The third-order valence-corrected chi connectivity index (χ3v) is 5.30. The van der Waals surface area contributed by atoms with Crippen LogP contribution in [0, 0.1) is 0 Å². The zero-order valence-corrected chi connectivity index (χ0v) is 15.5. The summed E-state index contributed by atoms with van der Waals surface area (Å²) < 4.78 is 28.9. The number of aromatic nitrogens is 2. The molecule has 1 aromatic carbocycles. The smallest absolute Gasteiger partial charge is 0.238 e. The first-order valence-corrected chi connectivity index (χ1v) is 9.94. The highest BCUT2D eigenvalue weighted by Gasteiger charge is 2.28. The van der Waals surface area contributed by atoms with Gasteiger partial charge in [-0.15, -0.1) is 0 Å². The van der Waals surface area contributed by atoms with Gasteiger partial charge < -0.3 is 15.2 Å². The highest BCUT2D eigenvalue weighted by molar-refractivity contribution is 9.10. The van der Waals surface area contributed by atoms with Crippen LogP contribution in [0.25, 0.3) is 0 Å². The van der Waals surface area contributed by atoms with Crippen molar-refractivity contribution in [1.29, 1.82) is 0 Å². The van der Waals surface area contributed by atoms with E-state index in [2.05, 4.69) is 31.2 Å². The molecule has 0 spiro atoms. The van der Waals surface area contributed by atoms with Crippen molar-refractivity contribution in [2.24, 2.45) is 5.14 Å². The van der Waals surface area contributed by atoms with Gasteiger partial charge in [0.15, 0.2) is 0 Å². The predicted molar refractivity (Wildman–Crippen MR) is 95.1 cm³/mol. The molecule has 25 heavy (non-hydrogen) atoms. The number of ether oxygens (including phenoxy) is 1. The van der Waals surface area contributed by atoms with Crippen LogP contribution in [0.15, 0.2) is 39.8 Å². The Balaban J connectivity index is 1.75. The maximum absolute atomic E-state index is 11.3. The molecule has 10 heteroatoms. The molecular weight excluding hydrogens is 412 g/mol. The summed E-state index contributed by atoms with van der Waals surface area (Å²) >= 11 is 3.33. The molecule has 0 bridgehead atoms. The van der Waals surface area contributed by atoms with Crippen molar-refractivity contribution in [1.82, 2.24) is 9.97 Å². The van der Waals surface area contributed by atoms with Gasteiger partial charge in [0, 0.05) is 5.69 Å². The predicted octanol–water partition coefficient (Wildman–Crippen LogP) is 1.92. The van der Waals surface area contributed by atoms with E-state index in [1.165, 1.54) is 12.1 Å². The molecule has 0 radical (unpaired) electrons. The first-order chi connectivity index (χ1) is 11.8. The van der Waals surface area contributed by atoms with Crippen molar-refractivity contribution < 1.29 is 18.3 Å². The lowest BCUT2D eigenvalue weighted by Crippen LogP contribution is -2.26. The molecule has 1 fully saturated rings. The monoisotopic (exact) mass is 428 g/mol. The number of aliphatic hydroxyl groups excluding tert-OH is 1. The molecule has 4 N–H and O–H groups in total. The summed E-state index contributed by atoms with van der Waals surface area (Å²) in [7, 11) is -3.73. The number of aliphatic hydroxyl groups is 1. The number of rotatable bonds is 5. The zero-order valence-electron chi connectivity index (χ0n) is 13.1. The molecular formula is C15H17BrN4O4S. The van der Waals surface area contributed by atoms with Gasteiger partial charge in [-0.3, -0.25) is 0 Å². The van der Waals surface area contributed by atoms with Gasteiger partial charge in [-0.1, -0.05) is 0 Å². The van der Waals surface area contributed by atoms with Gasteiger partial charge in [0.05, 0.1) is 21.7 Å². The normalized spacial score (nSPS) is 20.4. The van der Waals surface area contributed by atoms with Crippen LogP contribution in [0.3, 0.4) is 0 Å². The summed E-state index contributed by atoms with van der Waals surface area (Å²) in [6.45, 7) is 0. The second-order valence-electron chi connectivity index (χ2n) is 5.70. The molecule has 8 nitrogen and oxygen atoms in total. The van der Waals surface area contributed by atoms with E-state index >= 15 is 0 Å². The van der Waals surface area contributed by atoms with Crippen molar-refractivity contribution >= 4 is 37.6 Å². The Labute approximate surface area is 153 Å². The second-order valence-corrected chi connectivity index (χ2v) is 8.11. The van der Waals surface area contributed by atoms with E-state index in [0.29, 0.717) is 16.0 Å². The lowest BCUT2D eigenvalue weighted by Gasteiger charge is -2.17. The Hall–Kier alpha value is -1.75. The molecule has 1 heterocycles. The maximum atomic E-state index is 11.3. The lowest BCUT2D eigenvalue weighted by atomic mass is 10.3. The Morgan fingerprint density at radius 2 is 2.00 bits per heavy atom. The maximum Gasteiger partial charge on any atom is 0.238 e. The number of benzene rings is 1. The highest BCUT2D eigenvalue weighted by Crippen LogP contribution is 2.29. The van der Waals surface area contributed by atoms with Gasteiger partial charge in [-0.2, -0.15) is 4.98 Å². The number of primary sulfonamides is 1. The second kappa shape index (κ2) is 7.24. The van der Waals surface area contributed by atoms with Gasteiger partial charge in [0.1, 0.15) is 6.10 Å². The SMILES string of the molecule is NS(=O)(=O)c1ccc(Nc2ncc(Br)c(O[C@H]3CCC[C@H]3O)n2)cc1. The fourth-order valence-electron chi connectivity index (χ4n) is 2.54. The molecule has 1 saturated carbocycles. The largest absolute Gasteiger partial charge is 0.471 e. The van der Waals surface area contributed by atoms with Crippen molar-refractivity contribution in [3.63, 3.8) is 0 Å². The number of halogens is 1. The molecule has 2 atom stereocenters. The third kappa shape index (κ3) is 4.46. The minimum Gasteiger partial charge on any atom is -0.471 e. The zero-order chi connectivity index (χ0) is 18.0. The Bertz CT molecular complexity index is 860. The number of nitrogens with two attached hydrogens (primary N) is 1. The fraction of sp³-hybridized carbons (Fsp3) is 0.333. The lowest BCUT2D eigenvalue weighted by molar-refractivity contribution is 0.0569. The Kier molecular flexibility index (Phi) is 5.23. The van der Waals surface area contributed by atoms with Crippen molar-refractivity contribution in [2.75, 3.05) is 5.32 Å². The summed E-state index contributed by atoms with van der Waals surface area (Å²) in [6, 6.07) is 5.91. The van der Waals surface area contributed by atoms with Crippen LogP contribution in [0.4, 0.5) is 11.6 Å². The van der Waals surface area contributed by atoms with Gasteiger partial charge in [0.25, 0.3) is 0 Å². The molecule has 1 aliphatic carbocycles. The Morgan fingerprint density at radius 3 is 2.60 bits per heavy atom. The quantitative estimate of drug-likeness (QED) is 0.663. The summed E-state index contributed by atoms with van der Waals surface area (Å²) in [5, 5.41) is 17.9. The number of anilines is 2. The molecule has 0 saturated heterocycles. The van der Waals surface area contributed by atoms with Crippen LogP contribution < -0.4 is 15.2 Å². The average molecular weight is 429 g/mol. The minimum absolute atomic E-state index is 0.0222. The van der Waals surface area contributed by atoms with Crippen LogP contribution in [-0.2, 0) is 10.0 Å². The topological polar surface area (TPSA) is 127 Å².